The number of fused-ring (bicyclic) bond motifs is 1. The highest BCUT2D eigenvalue weighted by atomic mass is 35.5. The number of rotatable bonds is 9. The van der Waals surface area contributed by atoms with Crippen LogP contribution in [-0.2, 0) is 33.2 Å². The highest BCUT2D eigenvalue weighted by Crippen LogP contribution is 2.36. The first kappa shape index (κ1) is 36.8. The first-order valence-corrected chi connectivity index (χ1v) is 16.5. The van der Waals surface area contributed by atoms with Gasteiger partial charge in [-0.05, 0) is 30.3 Å². The van der Waals surface area contributed by atoms with E-state index < -0.39 is 92.0 Å². The van der Waals surface area contributed by atoms with Crippen LogP contribution in [0.2, 0.25) is 5.02 Å². The molecule has 3 fully saturated rings. The molecule has 272 valence electrons. The molecule has 0 unspecified atom stereocenters. The van der Waals surface area contributed by atoms with Crippen molar-refractivity contribution in [1.82, 2.24) is 5.32 Å². The second-order valence-electron chi connectivity index (χ2n) is 12.2. The molecule has 0 aromatic heterocycles. The Hall–Kier alpha value is -4.00. The summed E-state index contributed by atoms with van der Waals surface area (Å²) < 4.78 is 35.1. The molecular formula is C35H37ClN2O13. The molecule has 11 atom stereocenters. The minimum atomic E-state index is -1.81. The summed E-state index contributed by atoms with van der Waals surface area (Å²) in [7, 11) is 0. The van der Waals surface area contributed by atoms with Crippen LogP contribution in [0.5, 0.6) is 0 Å². The highest BCUT2D eigenvalue weighted by molar-refractivity contribution is 6.33. The van der Waals surface area contributed by atoms with Crippen LogP contribution in [0.25, 0.3) is 0 Å². The highest BCUT2D eigenvalue weighted by Gasteiger charge is 2.53. The number of ether oxygens (including phenoxy) is 6. The van der Waals surface area contributed by atoms with E-state index in [9.17, 15) is 34.8 Å². The summed E-state index contributed by atoms with van der Waals surface area (Å²) >= 11 is 6.13. The van der Waals surface area contributed by atoms with Gasteiger partial charge in [-0.1, -0.05) is 60.1 Å². The van der Waals surface area contributed by atoms with E-state index in [0.29, 0.717) is 5.56 Å². The van der Waals surface area contributed by atoms with E-state index in [4.69, 9.17) is 40.0 Å². The predicted molar refractivity (Wildman–Crippen MR) is 176 cm³/mol. The van der Waals surface area contributed by atoms with Gasteiger partial charge in [-0.2, -0.15) is 0 Å². The summed E-state index contributed by atoms with van der Waals surface area (Å²) in [5, 5.41) is 49.8. The maximum absolute atomic E-state index is 13.2. The number of benzene rings is 3. The Labute approximate surface area is 296 Å². The average molecular weight is 729 g/mol. The molecule has 3 aliphatic heterocycles. The van der Waals surface area contributed by atoms with Crippen LogP contribution in [0, 0.1) is 0 Å². The minimum absolute atomic E-state index is 0.0348. The van der Waals surface area contributed by atoms with E-state index in [1.807, 2.05) is 6.07 Å². The zero-order valence-electron chi connectivity index (χ0n) is 27.1. The molecule has 0 aliphatic carbocycles. The zero-order valence-corrected chi connectivity index (χ0v) is 27.9. The number of aliphatic hydroxyl groups is 4. The number of esters is 1. The number of carbonyl (C=O) groups excluding carboxylic acids is 3. The number of halogens is 1. The van der Waals surface area contributed by atoms with E-state index in [-0.39, 0.29) is 28.4 Å². The Bertz CT molecular complexity index is 1680. The van der Waals surface area contributed by atoms with Gasteiger partial charge in [0.2, 0.25) is 5.91 Å². The third-order valence-corrected chi connectivity index (χ3v) is 8.91. The lowest BCUT2D eigenvalue weighted by molar-refractivity contribution is -0.379. The largest absolute Gasteiger partial charge is 0.459 e. The van der Waals surface area contributed by atoms with Crippen molar-refractivity contribution in [3.05, 3.63) is 101 Å². The van der Waals surface area contributed by atoms with Gasteiger partial charge >= 0.3 is 5.97 Å². The Kier molecular flexibility index (Phi) is 11.6. The van der Waals surface area contributed by atoms with Gasteiger partial charge in [-0.3, -0.25) is 9.59 Å². The van der Waals surface area contributed by atoms with Crippen LogP contribution in [0.15, 0.2) is 78.9 Å². The van der Waals surface area contributed by atoms with Crippen LogP contribution in [0.4, 0.5) is 5.69 Å². The van der Waals surface area contributed by atoms with Gasteiger partial charge in [0, 0.05) is 18.1 Å². The molecule has 51 heavy (non-hydrogen) atoms. The van der Waals surface area contributed by atoms with Crippen molar-refractivity contribution in [2.75, 3.05) is 18.5 Å². The molecule has 0 radical (unpaired) electrons. The topological polar surface area (TPSA) is 212 Å². The fourth-order valence-electron chi connectivity index (χ4n) is 5.97. The van der Waals surface area contributed by atoms with E-state index >= 15 is 0 Å². The van der Waals surface area contributed by atoms with E-state index in [0.717, 1.165) is 0 Å². The number of hydrogen-bond acceptors (Lipinski definition) is 13. The summed E-state index contributed by atoms with van der Waals surface area (Å²) in [6, 6.07) is 21.2. The minimum Gasteiger partial charge on any atom is -0.459 e. The van der Waals surface area contributed by atoms with E-state index in [2.05, 4.69) is 10.6 Å². The average Bonchev–Trinajstić information content (AvgIpc) is 3.14. The van der Waals surface area contributed by atoms with Crippen molar-refractivity contribution in [3.8, 4) is 0 Å². The van der Waals surface area contributed by atoms with Gasteiger partial charge in [0.25, 0.3) is 5.91 Å². The summed E-state index contributed by atoms with van der Waals surface area (Å²) in [6.45, 7) is 0.694. The molecule has 3 aromatic rings. The summed E-state index contributed by atoms with van der Waals surface area (Å²) in [5.74, 6) is -1.92. The van der Waals surface area contributed by atoms with Crippen LogP contribution in [0.3, 0.4) is 0 Å². The van der Waals surface area contributed by atoms with Crippen molar-refractivity contribution in [1.29, 1.82) is 0 Å². The van der Waals surface area contributed by atoms with Gasteiger partial charge in [-0.15, -0.1) is 0 Å². The SMILES string of the molecule is CC(=O)Nc1cc(C(=O)N[C@@H]2O[C@H](COC(=O)c3ccccc3)[C@@H](O[C@H]3O[C@@H]4CO[C@@H](c5ccccc5)O[C@H]4[C@H](O)[C@H]3O)[C@H](O)[C@H]2O)ccc1Cl. The fraction of sp³-hybridized carbons (Fsp3) is 0.400. The molecule has 16 heteroatoms. The van der Waals surface area contributed by atoms with Gasteiger partial charge in [-0.25, -0.2) is 4.79 Å². The molecule has 3 aliphatic rings. The fourth-order valence-corrected chi connectivity index (χ4v) is 6.13. The lowest BCUT2D eigenvalue weighted by Gasteiger charge is -2.48. The normalized spacial score (nSPS) is 31.9. The number of nitrogens with one attached hydrogen (secondary N) is 2. The molecule has 6 rings (SSSR count). The molecule has 0 saturated carbocycles. The molecule has 0 spiro atoms. The molecule has 0 bridgehead atoms. The third-order valence-electron chi connectivity index (χ3n) is 8.58. The van der Waals surface area contributed by atoms with E-state index in [1.54, 1.807) is 42.5 Å². The van der Waals surface area contributed by atoms with Gasteiger partial charge in [0.15, 0.2) is 18.8 Å². The van der Waals surface area contributed by atoms with Crippen LogP contribution >= 0.6 is 11.6 Å². The van der Waals surface area contributed by atoms with Gasteiger partial charge in [0.1, 0.15) is 55.4 Å². The van der Waals surface area contributed by atoms with Crippen molar-refractivity contribution < 1.29 is 63.2 Å². The summed E-state index contributed by atoms with van der Waals surface area (Å²) in [4.78, 5) is 37.6. The molecule has 6 N–H and O–H groups in total. The van der Waals surface area contributed by atoms with Crippen molar-refractivity contribution in [2.24, 2.45) is 0 Å². The number of aliphatic hydroxyl groups excluding tert-OH is 4. The maximum Gasteiger partial charge on any atom is 0.338 e. The Balaban J connectivity index is 1.18. The van der Waals surface area contributed by atoms with Crippen LogP contribution < -0.4 is 10.6 Å². The Morgan fingerprint density at radius 2 is 1.55 bits per heavy atom. The first-order valence-electron chi connectivity index (χ1n) is 16.1. The summed E-state index contributed by atoms with van der Waals surface area (Å²) in [6.07, 6.45) is -15.6. The quantitative estimate of drug-likeness (QED) is 0.172. The number of carbonyl (C=O) groups is 3. The number of anilines is 1. The van der Waals surface area contributed by atoms with Gasteiger partial charge < -0.3 is 59.5 Å². The van der Waals surface area contributed by atoms with Gasteiger partial charge in [0.05, 0.1) is 22.9 Å². The lowest BCUT2D eigenvalue weighted by Crippen LogP contribution is -2.67. The molecule has 3 aromatic carbocycles. The second-order valence-corrected chi connectivity index (χ2v) is 12.6. The maximum atomic E-state index is 13.2. The first-order chi connectivity index (χ1) is 24.5. The lowest BCUT2D eigenvalue weighted by atomic mass is 9.95. The molecule has 2 amide bonds. The Morgan fingerprint density at radius 3 is 2.25 bits per heavy atom. The second kappa shape index (κ2) is 16.1. The molecule has 3 heterocycles. The number of amides is 2. The number of hydrogen-bond donors (Lipinski definition) is 6. The predicted octanol–water partition coefficient (Wildman–Crippen LogP) is 1.28. The van der Waals surface area contributed by atoms with Crippen LogP contribution in [-0.4, -0.2) is 113 Å². The van der Waals surface area contributed by atoms with E-state index in [1.165, 1.54) is 37.3 Å². The van der Waals surface area contributed by atoms with Crippen LogP contribution in [0.1, 0.15) is 39.5 Å². The van der Waals surface area contributed by atoms with Crippen molar-refractivity contribution in [3.63, 3.8) is 0 Å². The van der Waals surface area contributed by atoms with Crippen molar-refractivity contribution >= 4 is 35.1 Å². The van der Waals surface area contributed by atoms with Crippen molar-refractivity contribution in [2.45, 2.75) is 74.6 Å². The standard InChI is InChI=1S/C35H37ClN2O13/c1-17(39)37-22-14-20(12-13-21(22)36)31(44)38-32-27(42)25(40)29(23(48-32)15-46-33(45)18-8-4-2-5-9-18)51-35-28(43)26(41)30-24(49-35)16-47-34(50-30)19-10-6-3-7-11-19/h2-14,23-30,32,34-35,40-43H,15-16H2,1H3,(H,37,39)(H,38,44)/t23-,24-,25-,26-,27-,28-,29-,30-,32-,34-,35-/m1/s1. The monoisotopic (exact) mass is 728 g/mol. The molecule has 3 saturated heterocycles. The molecule has 15 nitrogen and oxygen atoms in total. The third kappa shape index (κ3) is 8.39. The zero-order chi connectivity index (χ0) is 36.2. The Morgan fingerprint density at radius 1 is 0.843 bits per heavy atom. The molecular weight excluding hydrogens is 692 g/mol. The summed E-state index contributed by atoms with van der Waals surface area (Å²) in [5.41, 5.74) is 1.12. The smallest absolute Gasteiger partial charge is 0.338 e.